The monoisotopic (exact) mass is 510 g/mol. The molecular weight excluding hydrogens is 484 g/mol. The van der Waals surface area contributed by atoms with Gasteiger partial charge in [-0.25, -0.2) is 18.1 Å². The van der Waals surface area contributed by atoms with Crippen LogP contribution in [0.15, 0.2) is 47.8 Å². The Morgan fingerprint density at radius 2 is 2.09 bits per heavy atom. The fraction of sp³-hybridized carbons (Fsp3) is 0.320. The molecule has 1 aromatic carbocycles. The summed E-state index contributed by atoms with van der Waals surface area (Å²) >= 11 is 1.54. The summed E-state index contributed by atoms with van der Waals surface area (Å²) < 4.78 is 31.4. The third kappa shape index (κ3) is 4.68. The lowest BCUT2D eigenvalue weighted by molar-refractivity contribution is 0.0955. The van der Waals surface area contributed by atoms with Gasteiger partial charge in [0.1, 0.15) is 5.75 Å². The van der Waals surface area contributed by atoms with Crippen molar-refractivity contribution >= 4 is 38.1 Å². The predicted octanol–water partition coefficient (Wildman–Crippen LogP) is 3.81. The van der Waals surface area contributed by atoms with Crippen LogP contribution in [0.5, 0.6) is 5.75 Å². The van der Waals surface area contributed by atoms with E-state index in [1.165, 1.54) is 11.3 Å². The molecular formula is C25H26N4O4S2. The Labute approximate surface area is 207 Å². The van der Waals surface area contributed by atoms with Gasteiger partial charge in [0, 0.05) is 6.54 Å². The zero-order chi connectivity index (χ0) is 24.6. The van der Waals surface area contributed by atoms with Gasteiger partial charge in [0.15, 0.2) is 15.5 Å². The molecule has 1 fully saturated rings. The molecule has 1 atom stereocenters. The average molecular weight is 511 g/mol. The number of pyridine rings is 1. The lowest BCUT2D eigenvalue weighted by Crippen LogP contribution is -2.26. The topological polar surface area (TPSA) is 103 Å². The Bertz CT molecular complexity index is 1490. The zero-order valence-corrected chi connectivity index (χ0v) is 21.2. The van der Waals surface area contributed by atoms with Crippen LogP contribution in [0.25, 0.3) is 21.6 Å². The average Bonchev–Trinajstić information content (AvgIpc) is 3.58. The maximum absolute atomic E-state index is 13.4. The van der Waals surface area contributed by atoms with Crippen molar-refractivity contribution in [3.05, 3.63) is 64.7 Å². The van der Waals surface area contributed by atoms with Crippen molar-refractivity contribution in [2.45, 2.75) is 25.8 Å². The molecule has 8 nitrogen and oxygen atoms in total. The highest BCUT2D eigenvalue weighted by Crippen LogP contribution is 2.33. The maximum atomic E-state index is 13.4. The van der Waals surface area contributed by atoms with Gasteiger partial charge < -0.3 is 10.1 Å². The van der Waals surface area contributed by atoms with Crippen molar-refractivity contribution in [2.75, 3.05) is 25.2 Å². The van der Waals surface area contributed by atoms with E-state index < -0.39 is 9.84 Å². The molecule has 1 N–H and O–H groups in total. The van der Waals surface area contributed by atoms with E-state index in [0.29, 0.717) is 47.4 Å². The summed E-state index contributed by atoms with van der Waals surface area (Å²) in [4.78, 5) is 19.2. The molecule has 0 bridgehead atoms. The number of ether oxygens (including phenoxy) is 1. The van der Waals surface area contributed by atoms with Crippen molar-refractivity contribution in [2.24, 2.45) is 0 Å². The number of rotatable bonds is 7. The van der Waals surface area contributed by atoms with Gasteiger partial charge in [-0.2, -0.15) is 5.10 Å². The van der Waals surface area contributed by atoms with E-state index in [2.05, 4.69) is 10.4 Å². The van der Waals surface area contributed by atoms with Crippen LogP contribution < -0.4 is 10.1 Å². The second-order valence-corrected chi connectivity index (χ2v) is 11.8. The molecule has 3 aromatic heterocycles. The van der Waals surface area contributed by atoms with Crippen molar-refractivity contribution in [3.8, 4) is 16.3 Å². The molecule has 4 heterocycles. The molecule has 0 spiro atoms. The molecule has 1 amide bonds. The van der Waals surface area contributed by atoms with E-state index >= 15 is 0 Å². The van der Waals surface area contributed by atoms with Gasteiger partial charge in [-0.1, -0.05) is 24.3 Å². The Balaban J connectivity index is 1.50. The van der Waals surface area contributed by atoms with E-state index in [-0.39, 0.29) is 23.5 Å². The van der Waals surface area contributed by atoms with Crippen LogP contribution >= 0.6 is 11.3 Å². The number of carbonyl (C=O) groups is 1. The molecule has 1 aliphatic rings. The van der Waals surface area contributed by atoms with Crippen molar-refractivity contribution in [3.63, 3.8) is 0 Å². The zero-order valence-electron chi connectivity index (χ0n) is 19.5. The van der Waals surface area contributed by atoms with Gasteiger partial charge in [-0.15, -0.1) is 11.3 Å². The summed E-state index contributed by atoms with van der Waals surface area (Å²) in [7, 11) is -1.47. The van der Waals surface area contributed by atoms with Crippen LogP contribution in [-0.2, 0) is 16.3 Å². The number of aryl methyl sites for hydroxylation is 1. The highest BCUT2D eigenvalue weighted by molar-refractivity contribution is 7.91. The fourth-order valence-electron chi connectivity index (χ4n) is 4.58. The third-order valence-electron chi connectivity index (χ3n) is 6.28. The second-order valence-electron chi connectivity index (χ2n) is 8.64. The minimum atomic E-state index is -3.10. The van der Waals surface area contributed by atoms with Crippen molar-refractivity contribution in [1.82, 2.24) is 20.1 Å². The molecule has 5 rings (SSSR count). The number of fused-ring (bicyclic) bond motifs is 1. The van der Waals surface area contributed by atoms with Gasteiger partial charge in [0.05, 0.1) is 51.9 Å². The van der Waals surface area contributed by atoms with Gasteiger partial charge >= 0.3 is 0 Å². The summed E-state index contributed by atoms with van der Waals surface area (Å²) in [5, 5.41) is 10.3. The molecule has 0 saturated carbocycles. The second kappa shape index (κ2) is 9.43. The summed E-state index contributed by atoms with van der Waals surface area (Å²) in [6.45, 7) is 2.27. The number of amides is 1. The number of carbonyl (C=O) groups excluding carboxylic acids is 1. The first kappa shape index (κ1) is 23.5. The smallest absolute Gasteiger partial charge is 0.252 e. The molecule has 0 radical (unpaired) electrons. The number of hydrogen-bond acceptors (Lipinski definition) is 7. The fourth-order valence-corrected chi connectivity index (χ4v) is 6.96. The molecule has 35 heavy (non-hydrogen) atoms. The standard InChI is InChI=1S/C25H26N4O4S2/c1-16-23-19(25(30)26-11-9-17-6-3-4-7-21(17)33-2)14-20(22-8-5-12-34-22)27-24(23)29(28-16)18-10-13-35(31,32)15-18/h3-8,12,14,18H,9-11,13,15H2,1-2H3,(H,26,30). The number of nitrogens with zero attached hydrogens (tertiary/aromatic N) is 3. The number of hydrogen-bond donors (Lipinski definition) is 1. The van der Waals surface area contributed by atoms with Crippen molar-refractivity contribution < 1.29 is 17.9 Å². The summed E-state index contributed by atoms with van der Waals surface area (Å²) in [5.74, 6) is 0.747. The normalized spacial score (nSPS) is 17.0. The molecule has 0 aliphatic carbocycles. The molecule has 4 aromatic rings. The van der Waals surface area contributed by atoms with Gasteiger partial charge in [0.25, 0.3) is 5.91 Å². The molecule has 182 valence electrons. The van der Waals surface area contributed by atoms with E-state index in [9.17, 15) is 13.2 Å². The summed E-state index contributed by atoms with van der Waals surface area (Å²) in [5.41, 5.74) is 3.38. The van der Waals surface area contributed by atoms with Crippen LogP contribution in [-0.4, -0.2) is 54.2 Å². The van der Waals surface area contributed by atoms with E-state index in [1.54, 1.807) is 17.9 Å². The first-order valence-corrected chi connectivity index (χ1v) is 14.1. The first-order valence-electron chi connectivity index (χ1n) is 11.4. The Hall–Kier alpha value is -3.24. The highest BCUT2D eigenvalue weighted by Gasteiger charge is 2.32. The van der Waals surface area contributed by atoms with Crippen LogP contribution in [0, 0.1) is 6.92 Å². The molecule has 1 saturated heterocycles. The summed E-state index contributed by atoms with van der Waals surface area (Å²) in [6.07, 6.45) is 1.11. The number of thiophene rings is 1. The molecule has 10 heteroatoms. The highest BCUT2D eigenvalue weighted by atomic mass is 32.2. The lowest BCUT2D eigenvalue weighted by atomic mass is 10.1. The first-order chi connectivity index (χ1) is 16.9. The van der Waals surface area contributed by atoms with Crippen LogP contribution in [0.4, 0.5) is 0 Å². The molecule has 1 unspecified atom stereocenters. The Morgan fingerprint density at radius 3 is 2.80 bits per heavy atom. The maximum Gasteiger partial charge on any atom is 0.252 e. The van der Waals surface area contributed by atoms with E-state index in [0.717, 1.165) is 16.2 Å². The van der Waals surface area contributed by atoms with Crippen LogP contribution in [0.2, 0.25) is 0 Å². The van der Waals surface area contributed by atoms with Gasteiger partial charge in [0.2, 0.25) is 0 Å². The lowest BCUT2D eigenvalue weighted by Gasteiger charge is -2.12. The Morgan fingerprint density at radius 1 is 1.26 bits per heavy atom. The van der Waals surface area contributed by atoms with Gasteiger partial charge in [-0.05, 0) is 48.9 Å². The van der Waals surface area contributed by atoms with Crippen LogP contribution in [0.3, 0.4) is 0 Å². The van der Waals surface area contributed by atoms with E-state index in [1.807, 2.05) is 48.7 Å². The third-order valence-corrected chi connectivity index (χ3v) is 8.92. The minimum Gasteiger partial charge on any atom is -0.496 e. The van der Waals surface area contributed by atoms with Crippen LogP contribution in [0.1, 0.15) is 34.1 Å². The number of nitrogens with one attached hydrogen (secondary N) is 1. The SMILES string of the molecule is COc1ccccc1CCNC(=O)c1cc(-c2cccs2)nc2c1c(C)nn2C1CCS(=O)(=O)C1. The Kier molecular flexibility index (Phi) is 6.33. The van der Waals surface area contributed by atoms with Crippen molar-refractivity contribution in [1.29, 1.82) is 0 Å². The number of methoxy groups -OCH3 is 1. The largest absolute Gasteiger partial charge is 0.496 e. The number of sulfone groups is 1. The number of para-hydroxylation sites is 1. The minimum absolute atomic E-state index is 0.0363. The van der Waals surface area contributed by atoms with E-state index in [4.69, 9.17) is 9.72 Å². The molecule has 1 aliphatic heterocycles. The predicted molar refractivity (Wildman–Crippen MR) is 137 cm³/mol. The summed E-state index contributed by atoms with van der Waals surface area (Å²) in [6, 6.07) is 13.1. The number of benzene rings is 1. The quantitative estimate of drug-likeness (QED) is 0.406. The van der Waals surface area contributed by atoms with Gasteiger partial charge in [-0.3, -0.25) is 4.79 Å². The number of aromatic nitrogens is 3.